The number of hydrogen-bond acceptors (Lipinski definition) is 8. The molecule has 0 aromatic carbocycles. The van der Waals surface area contributed by atoms with Crippen molar-refractivity contribution in [2.75, 3.05) is 11.1 Å². The fourth-order valence-corrected chi connectivity index (χ4v) is 3.79. The molecule has 2 heterocycles. The molecule has 1 aliphatic carbocycles. The first-order chi connectivity index (χ1) is 12.9. The molecule has 27 heavy (non-hydrogen) atoms. The van der Waals surface area contributed by atoms with E-state index in [2.05, 4.69) is 25.9 Å². The van der Waals surface area contributed by atoms with Crippen LogP contribution in [0.1, 0.15) is 50.1 Å². The first-order valence-corrected chi connectivity index (χ1v) is 9.90. The van der Waals surface area contributed by atoms with Crippen molar-refractivity contribution in [2.45, 2.75) is 57.2 Å². The summed E-state index contributed by atoms with van der Waals surface area (Å²) in [4.78, 5) is 29.0. The van der Waals surface area contributed by atoms with Gasteiger partial charge in [-0.2, -0.15) is 4.98 Å². The van der Waals surface area contributed by atoms with Gasteiger partial charge in [-0.15, -0.1) is 11.8 Å². The number of rotatable bonds is 7. The summed E-state index contributed by atoms with van der Waals surface area (Å²) in [5.41, 5.74) is -0.570. The van der Waals surface area contributed by atoms with Crippen molar-refractivity contribution < 1.29 is 18.6 Å². The highest BCUT2D eigenvalue weighted by atomic mass is 32.2. The quantitative estimate of drug-likeness (QED) is 0.734. The molecule has 1 saturated carbocycles. The Balaban J connectivity index is 1.53. The molecule has 0 radical (unpaired) electrons. The third-order valence-electron chi connectivity index (χ3n) is 4.50. The van der Waals surface area contributed by atoms with Gasteiger partial charge in [0.15, 0.2) is 11.6 Å². The van der Waals surface area contributed by atoms with Crippen LogP contribution in [0.3, 0.4) is 0 Å². The average molecular weight is 393 g/mol. The van der Waals surface area contributed by atoms with Crippen molar-refractivity contribution in [3.63, 3.8) is 0 Å². The van der Waals surface area contributed by atoms with Gasteiger partial charge in [0.1, 0.15) is 11.3 Å². The maximum Gasteiger partial charge on any atom is 0.238 e. The lowest BCUT2D eigenvalue weighted by atomic mass is 9.96. The van der Waals surface area contributed by atoms with E-state index in [-0.39, 0.29) is 17.6 Å². The van der Waals surface area contributed by atoms with Gasteiger partial charge in [0.2, 0.25) is 17.7 Å². The maximum atomic E-state index is 12.5. The average Bonchev–Trinajstić information content (AvgIpc) is 3.35. The van der Waals surface area contributed by atoms with Crippen molar-refractivity contribution in [1.29, 1.82) is 0 Å². The molecule has 2 amide bonds. The number of carbonyl (C=O) groups is 2. The Labute approximate surface area is 161 Å². The second-order valence-corrected chi connectivity index (χ2v) is 8.07. The topological polar surface area (TPSA) is 123 Å². The number of amides is 2. The van der Waals surface area contributed by atoms with Crippen LogP contribution in [0.25, 0.3) is 0 Å². The standard InChI is InChI=1S/C17H23N5O4S/c1-10-8-13(21-25-10)19-15(24)11(2)27-9-14(23)20-17(6-4-5-7-17)16-18-12(3)26-22-16/h8,11H,4-7,9H2,1-3H3,(H,20,23)(H,19,21,24)/t11-/m1/s1. The molecule has 2 aromatic rings. The molecule has 3 rings (SSSR count). The molecule has 1 aliphatic rings. The molecule has 146 valence electrons. The number of aromatic nitrogens is 3. The van der Waals surface area contributed by atoms with E-state index in [4.69, 9.17) is 9.05 Å². The van der Waals surface area contributed by atoms with E-state index >= 15 is 0 Å². The van der Waals surface area contributed by atoms with Gasteiger partial charge in [0.25, 0.3) is 0 Å². The van der Waals surface area contributed by atoms with Gasteiger partial charge in [-0.05, 0) is 26.7 Å². The maximum absolute atomic E-state index is 12.5. The van der Waals surface area contributed by atoms with E-state index in [9.17, 15) is 9.59 Å². The van der Waals surface area contributed by atoms with Crippen LogP contribution < -0.4 is 10.6 Å². The van der Waals surface area contributed by atoms with E-state index in [0.29, 0.717) is 23.3 Å². The van der Waals surface area contributed by atoms with E-state index in [1.54, 1.807) is 26.8 Å². The van der Waals surface area contributed by atoms with Crippen molar-refractivity contribution in [3.05, 3.63) is 23.5 Å². The van der Waals surface area contributed by atoms with Crippen LogP contribution in [0.2, 0.25) is 0 Å². The normalized spacial score (nSPS) is 16.9. The summed E-state index contributed by atoms with van der Waals surface area (Å²) in [5, 5.41) is 13.1. The molecule has 2 aromatic heterocycles. The molecular weight excluding hydrogens is 370 g/mol. The minimum absolute atomic E-state index is 0.152. The molecule has 1 atom stereocenters. The van der Waals surface area contributed by atoms with Gasteiger partial charge in [0, 0.05) is 13.0 Å². The van der Waals surface area contributed by atoms with Crippen molar-refractivity contribution in [2.24, 2.45) is 0 Å². The van der Waals surface area contributed by atoms with Gasteiger partial charge in [0.05, 0.1) is 11.0 Å². The van der Waals surface area contributed by atoms with Gasteiger partial charge in [-0.25, -0.2) is 0 Å². The summed E-state index contributed by atoms with van der Waals surface area (Å²) in [5.74, 6) is 1.77. The lowest BCUT2D eigenvalue weighted by molar-refractivity contribution is -0.120. The predicted octanol–water partition coefficient (Wildman–Crippen LogP) is 2.32. The SMILES string of the molecule is Cc1cc(NC(=O)[C@@H](C)SCC(=O)NC2(c3noc(C)n3)CCCC2)no1. The molecule has 0 bridgehead atoms. The van der Waals surface area contributed by atoms with Crippen molar-refractivity contribution >= 4 is 29.4 Å². The molecular formula is C17H23N5O4S. The minimum Gasteiger partial charge on any atom is -0.360 e. The second kappa shape index (κ2) is 8.12. The minimum atomic E-state index is -0.570. The van der Waals surface area contributed by atoms with Crippen LogP contribution in [0.4, 0.5) is 5.82 Å². The number of nitrogens with zero attached hydrogens (tertiary/aromatic N) is 3. The zero-order chi connectivity index (χ0) is 19.4. The Morgan fingerprint density at radius 2 is 2.00 bits per heavy atom. The molecule has 10 heteroatoms. The number of carbonyl (C=O) groups excluding carboxylic acids is 2. The van der Waals surface area contributed by atoms with Crippen LogP contribution >= 0.6 is 11.8 Å². The highest BCUT2D eigenvalue weighted by molar-refractivity contribution is 8.01. The predicted molar refractivity (Wildman–Crippen MR) is 99.1 cm³/mol. The van der Waals surface area contributed by atoms with Gasteiger partial charge in [-0.1, -0.05) is 23.2 Å². The summed E-state index contributed by atoms with van der Waals surface area (Å²) in [6, 6.07) is 1.64. The number of thioether (sulfide) groups is 1. The Morgan fingerprint density at radius 3 is 2.59 bits per heavy atom. The second-order valence-electron chi connectivity index (χ2n) is 6.74. The monoisotopic (exact) mass is 393 g/mol. The zero-order valence-electron chi connectivity index (χ0n) is 15.6. The fraction of sp³-hybridized carbons (Fsp3) is 0.588. The third kappa shape index (κ3) is 4.68. The zero-order valence-corrected chi connectivity index (χ0v) is 16.4. The molecule has 0 aliphatic heterocycles. The molecule has 9 nitrogen and oxygen atoms in total. The van der Waals surface area contributed by atoms with Crippen LogP contribution in [0.5, 0.6) is 0 Å². The summed E-state index contributed by atoms with van der Waals surface area (Å²) in [6.07, 6.45) is 3.56. The number of aryl methyl sites for hydroxylation is 2. The Bertz CT molecular complexity index is 812. The van der Waals surface area contributed by atoms with Gasteiger partial charge in [-0.3, -0.25) is 9.59 Å². The number of nitrogens with one attached hydrogen (secondary N) is 2. The molecule has 0 spiro atoms. The van der Waals surface area contributed by atoms with Crippen LogP contribution in [0.15, 0.2) is 15.1 Å². The Kier molecular flexibility index (Phi) is 5.83. The van der Waals surface area contributed by atoms with Gasteiger partial charge < -0.3 is 19.7 Å². The summed E-state index contributed by atoms with van der Waals surface area (Å²) in [7, 11) is 0. The molecule has 0 unspecified atom stereocenters. The first kappa shape index (κ1) is 19.4. The van der Waals surface area contributed by atoms with E-state index in [1.165, 1.54) is 11.8 Å². The Hall–Kier alpha value is -2.36. The first-order valence-electron chi connectivity index (χ1n) is 8.85. The Morgan fingerprint density at radius 1 is 1.26 bits per heavy atom. The fourth-order valence-electron chi connectivity index (χ4n) is 3.11. The lowest BCUT2D eigenvalue weighted by Crippen LogP contribution is -2.45. The highest BCUT2D eigenvalue weighted by Crippen LogP contribution is 2.37. The molecule has 0 saturated heterocycles. The lowest BCUT2D eigenvalue weighted by Gasteiger charge is -2.26. The number of anilines is 1. The van der Waals surface area contributed by atoms with Crippen LogP contribution in [0, 0.1) is 13.8 Å². The summed E-state index contributed by atoms with van der Waals surface area (Å²) >= 11 is 1.25. The summed E-state index contributed by atoms with van der Waals surface area (Å²) in [6.45, 7) is 5.22. The summed E-state index contributed by atoms with van der Waals surface area (Å²) < 4.78 is 10.0. The molecule has 1 fully saturated rings. The number of hydrogen-bond donors (Lipinski definition) is 2. The van der Waals surface area contributed by atoms with Gasteiger partial charge >= 0.3 is 0 Å². The molecule has 2 N–H and O–H groups in total. The van der Waals surface area contributed by atoms with Crippen LogP contribution in [-0.2, 0) is 15.1 Å². The smallest absolute Gasteiger partial charge is 0.238 e. The van der Waals surface area contributed by atoms with E-state index in [0.717, 1.165) is 25.7 Å². The third-order valence-corrected chi connectivity index (χ3v) is 5.65. The van der Waals surface area contributed by atoms with E-state index < -0.39 is 10.8 Å². The van der Waals surface area contributed by atoms with Crippen molar-refractivity contribution in [1.82, 2.24) is 20.6 Å². The highest BCUT2D eigenvalue weighted by Gasteiger charge is 2.41. The van der Waals surface area contributed by atoms with Crippen molar-refractivity contribution in [3.8, 4) is 0 Å². The largest absolute Gasteiger partial charge is 0.360 e. The van der Waals surface area contributed by atoms with E-state index in [1.807, 2.05) is 0 Å². The van der Waals surface area contributed by atoms with Crippen LogP contribution in [-0.4, -0.2) is 38.1 Å².